The number of benzene rings is 7. The highest BCUT2D eigenvalue weighted by Crippen LogP contribution is 2.58. The van der Waals surface area contributed by atoms with Crippen molar-refractivity contribution in [3.63, 3.8) is 0 Å². The molecule has 0 radical (unpaired) electrons. The third-order valence-electron chi connectivity index (χ3n) is 10.0. The average molecular weight is 607 g/mol. The van der Waals surface area contributed by atoms with Gasteiger partial charge in [0.25, 0.3) is 0 Å². The van der Waals surface area contributed by atoms with Crippen molar-refractivity contribution in [2.24, 2.45) is 0 Å². The fourth-order valence-electron chi connectivity index (χ4n) is 7.82. The van der Waals surface area contributed by atoms with Crippen molar-refractivity contribution in [3.05, 3.63) is 157 Å². The third kappa shape index (κ3) is 3.64. The van der Waals surface area contributed by atoms with Crippen LogP contribution in [-0.4, -0.2) is 0 Å². The Morgan fingerprint density at radius 3 is 1.45 bits per heavy atom. The van der Waals surface area contributed by atoms with E-state index in [1.165, 1.54) is 33.0 Å². The summed E-state index contributed by atoms with van der Waals surface area (Å²) in [6.45, 7) is 4.73. The average Bonchev–Trinajstić information content (AvgIpc) is 3.34. The standard InChI is InChI=1S/C43H30N2O2/c1-43(2)31-25-27(44-33-15-5-9-19-38(33)46-39-20-10-6-16-34(39)44)23-24-30(31)42-29-14-4-3-13-28(29)37(26-32(42)43)45-35-17-7-11-21-40(35)47-41-22-12-8-18-36(41)45/h3-26H,1-2H3. The van der Waals surface area contributed by atoms with Gasteiger partial charge in [0.15, 0.2) is 23.0 Å². The van der Waals surface area contributed by atoms with Crippen LogP contribution in [0, 0.1) is 0 Å². The van der Waals surface area contributed by atoms with Gasteiger partial charge in [-0.15, -0.1) is 0 Å². The van der Waals surface area contributed by atoms with Crippen molar-refractivity contribution in [3.8, 4) is 34.1 Å². The smallest absolute Gasteiger partial charge is 0.151 e. The highest BCUT2D eigenvalue weighted by Gasteiger charge is 2.39. The predicted octanol–water partition coefficient (Wildman–Crippen LogP) is 12.3. The topological polar surface area (TPSA) is 24.9 Å². The summed E-state index contributed by atoms with van der Waals surface area (Å²) in [4.78, 5) is 4.71. The normalized spacial score (nSPS) is 14.6. The Kier molecular flexibility index (Phi) is 5.31. The van der Waals surface area contributed by atoms with Crippen LogP contribution in [0.15, 0.2) is 146 Å². The van der Waals surface area contributed by atoms with Crippen LogP contribution in [-0.2, 0) is 5.41 Å². The lowest BCUT2D eigenvalue weighted by Gasteiger charge is -2.34. The molecule has 0 atom stereocenters. The second-order valence-corrected chi connectivity index (χ2v) is 13.0. The van der Waals surface area contributed by atoms with Crippen molar-refractivity contribution in [2.75, 3.05) is 9.80 Å². The summed E-state index contributed by atoms with van der Waals surface area (Å²) in [5.74, 6) is 3.43. The van der Waals surface area contributed by atoms with Crippen LogP contribution in [0.25, 0.3) is 21.9 Å². The van der Waals surface area contributed by atoms with E-state index in [2.05, 4.69) is 133 Å². The summed E-state index contributed by atoms with van der Waals surface area (Å²) in [6.07, 6.45) is 0. The zero-order chi connectivity index (χ0) is 31.3. The molecule has 0 bridgehead atoms. The van der Waals surface area contributed by atoms with Crippen molar-refractivity contribution >= 4 is 44.9 Å². The van der Waals surface area contributed by atoms with Crippen LogP contribution in [0.4, 0.5) is 34.1 Å². The van der Waals surface area contributed by atoms with Gasteiger partial charge in [-0.2, -0.15) is 0 Å². The Morgan fingerprint density at radius 2 is 0.894 bits per heavy atom. The fourth-order valence-corrected chi connectivity index (χ4v) is 7.82. The van der Waals surface area contributed by atoms with Gasteiger partial charge in [0.1, 0.15) is 0 Å². The van der Waals surface area contributed by atoms with E-state index in [4.69, 9.17) is 9.47 Å². The summed E-state index contributed by atoms with van der Waals surface area (Å²) in [5.41, 5.74) is 11.4. The highest BCUT2D eigenvalue weighted by molar-refractivity contribution is 6.11. The lowest BCUT2D eigenvalue weighted by Crippen LogP contribution is -2.19. The number of anilines is 6. The minimum absolute atomic E-state index is 0.254. The molecule has 7 aromatic rings. The SMILES string of the molecule is CC1(C)c2cc(N3c4ccccc4Oc4ccccc43)ccc2-c2c1cc(N1c3ccccc3Oc3ccccc31)c1ccccc21. The molecule has 0 fully saturated rings. The molecule has 7 aromatic carbocycles. The van der Waals surface area contributed by atoms with Gasteiger partial charge < -0.3 is 19.3 Å². The van der Waals surface area contributed by atoms with E-state index in [1.807, 2.05) is 36.4 Å². The molecule has 4 heteroatoms. The zero-order valence-electron chi connectivity index (χ0n) is 26.1. The first-order valence-electron chi connectivity index (χ1n) is 16.1. The van der Waals surface area contributed by atoms with E-state index in [9.17, 15) is 0 Å². The van der Waals surface area contributed by atoms with E-state index >= 15 is 0 Å². The number of fused-ring (bicyclic) bond motifs is 9. The Morgan fingerprint density at radius 1 is 0.426 bits per heavy atom. The summed E-state index contributed by atoms with van der Waals surface area (Å²) in [7, 11) is 0. The van der Waals surface area contributed by atoms with E-state index in [-0.39, 0.29) is 5.41 Å². The molecular weight excluding hydrogens is 576 g/mol. The summed E-state index contributed by atoms with van der Waals surface area (Å²) in [6, 6.07) is 51.5. The maximum absolute atomic E-state index is 6.39. The van der Waals surface area contributed by atoms with Gasteiger partial charge >= 0.3 is 0 Å². The molecule has 0 amide bonds. The molecular formula is C43H30N2O2. The molecule has 3 aliphatic rings. The zero-order valence-corrected chi connectivity index (χ0v) is 26.1. The Bertz CT molecular complexity index is 2340. The van der Waals surface area contributed by atoms with Crippen LogP contribution >= 0.6 is 0 Å². The van der Waals surface area contributed by atoms with Crippen LogP contribution < -0.4 is 19.3 Å². The largest absolute Gasteiger partial charge is 0.453 e. The lowest BCUT2D eigenvalue weighted by molar-refractivity contribution is 0.477. The molecule has 2 heterocycles. The third-order valence-corrected chi connectivity index (χ3v) is 10.0. The van der Waals surface area contributed by atoms with Gasteiger partial charge in [-0.3, -0.25) is 0 Å². The Balaban J connectivity index is 1.20. The second kappa shape index (κ2) is 9.51. The molecule has 0 saturated heterocycles. The minimum Gasteiger partial charge on any atom is -0.453 e. The monoisotopic (exact) mass is 606 g/mol. The lowest BCUT2D eigenvalue weighted by atomic mass is 9.81. The highest BCUT2D eigenvalue weighted by atomic mass is 16.5. The van der Waals surface area contributed by atoms with Gasteiger partial charge in [-0.1, -0.05) is 92.7 Å². The second-order valence-electron chi connectivity index (χ2n) is 13.0. The number of para-hydroxylation sites is 8. The van der Waals surface area contributed by atoms with Crippen molar-refractivity contribution in [1.29, 1.82) is 0 Å². The fraction of sp³-hybridized carbons (Fsp3) is 0.0698. The Labute approximate surface area is 273 Å². The number of hydrogen-bond donors (Lipinski definition) is 0. The van der Waals surface area contributed by atoms with Crippen molar-refractivity contribution in [2.45, 2.75) is 19.3 Å². The van der Waals surface area contributed by atoms with Crippen LogP contribution in [0.1, 0.15) is 25.0 Å². The van der Waals surface area contributed by atoms with Gasteiger partial charge in [0, 0.05) is 16.5 Å². The maximum atomic E-state index is 6.39. The molecule has 0 N–H and O–H groups in total. The van der Waals surface area contributed by atoms with Crippen LogP contribution in [0.2, 0.25) is 0 Å². The molecule has 47 heavy (non-hydrogen) atoms. The van der Waals surface area contributed by atoms with Gasteiger partial charge in [0.2, 0.25) is 0 Å². The maximum Gasteiger partial charge on any atom is 0.151 e. The van der Waals surface area contributed by atoms with E-state index < -0.39 is 0 Å². The molecule has 0 unspecified atom stereocenters. The number of rotatable bonds is 2. The molecule has 0 spiro atoms. The number of hydrogen-bond acceptors (Lipinski definition) is 4. The van der Waals surface area contributed by atoms with E-state index in [1.54, 1.807) is 0 Å². The summed E-state index contributed by atoms with van der Waals surface area (Å²) in [5, 5.41) is 2.46. The van der Waals surface area contributed by atoms with Crippen LogP contribution in [0.3, 0.4) is 0 Å². The van der Waals surface area contributed by atoms with E-state index in [0.717, 1.165) is 57.1 Å². The number of ether oxygens (including phenoxy) is 2. The molecule has 1 aliphatic carbocycles. The molecule has 224 valence electrons. The molecule has 4 nitrogen and oxygen atoms in total. The van der Waals surface area contributed by atoms with Crippen LogP contribution in [0.5, 0.6) is 23.0 Å². The number of nitrogens with zero attached hydrogens (tertiary/aromatic N) is 2. The quantitative estimate of drug-likeness (QED) is 0.195. The molecule has 10 rings (SSSR count). The first-order chi connectivity index (χ1) is 23.1. The molecule has 2 aliphatic heterocycles. The van der Waals surface area contributed by atoms with Gasteiger partial charge in [0.05, 0.1) is 28.4 Å². The van der Waals surface area contributed by atoms with E-state index in [0.29, 0.717) is 0 Å². The van der Waals surface area contributed by atoms with Crippen molar-refractivity contribution in [1.82, 2.24) is 0 Å². The molecule has 0 saturated carbocycles. The summed E-state index contributed by atoms with van der Waals surface area (Å²) >= 11 is 0. The first kappa shape index (κ1) is 26.2. The minimum atomic E-state index is -0.254. The molecule has 0 aromatic heterocycles. The predicted molar refractivity (Wildman–Crippen MR) is 191 cm³/mol. The van der Waals surface area contributed by atoms with Crippen molar-refractivity contribution < 1.29 is 9.47 Å². The Hall–Kier alpha value is -6.00. The van der Waals surface area contributed by atoms with Gasteiger partial charge in [-0.25, -0.2) is 0 Å². The summed E-state index contributed by atoms with van der Waals surface area (Å²) < 4.78 is 12.7. The first-order valence-corrected chi connectivity index (χ1v) is 16.1. The van der Waals surface area contributed by atoms with Gasteiger partial charge in [-0.05, 0) is 94.4 Å².